The highest BCUT2D eigenvalue weighted by Gasteiger charge is 2.29. The number of carbonyl (C=O) groups excluding carboxylic acids is 2. The number of carbonyl (C=O) groups is 2. The maximum Gasteiger partial charge on any atom is 0.407 e. The molecule has 1 fully saturated rings. The molecule has 3 heterocycles. The van der Waals surface area contributed by atoms with Gasteiger partial charge in [0.1, 0.15) is 17.5 Å². The number of nitriles is 1. The summed E-state index contributed by atoms with van der Waals surface area (Å²) in [6.45, 7) is 6.20. The van der Waals surface area contributed by atoms with Crippen LogP contribution in [0, 0.1) is 23.1 Å². The fourth-order valence-electron chi connectivity index (χ4n) is 4.92. The number of alkyl carbamates (subject to hydrolysis) is 1. The third kappa shape index (κ3) is 5.93. The highest BCUT2D eigenvalue weighted by molar-refractivity contribution is 7.18. The molecule has 11 heteroatoms. The molecule has 0 unspecified atom stereocenters. The van der Waals surface area contributed by atoms with Gasteiger partial charge in [-0.15, -0.1) is 11.3 Å². The molecule has 1 atom stereocenters. The number of aryl methyl sites for hydroxylation is 1. The average Bonchev–Trinajstić information content (AvgIpc) is 3.48. The standard InChI is InChI=1S/C30H29F2N5O3S/c1-30(2,3)40-29(39)34-20-6-5-11-37(16-20)28(38)25-14-21(17-7-8-19(15-33)23(31)13-17)26(41-25)18-9-10-24-22(12-18)27(32)36(4)35-24/h7-10,12-14,20H,5-6,11,16H2,1-4H3,(H,34,39)/t20-/m1/s1. The lowest BCUT2D eigenvalue weighted by Crippen LogP contribution is -2.50. The highest BCUT2D eigenvalue weighted by Crippen LogP contribution is 2.41. The fourth-order valence-corrected chi connectivity index (χ4v) is 6.06. The minimum atomic E-state index is -0.670. The minimum Gasteiger partial charge on any atom is -0.444 e. The molecule has 8 nitrogen and oxygen atoms in total. The minimum absolute atomic E-state index is 0.0856. The molecule has 0 aliphatic carbocycles. The molecule has 0 radical (unpaired) electrons. The van der Waals surface area contributed by atoms with Crippen LogP contribution < -0.4 is 5.32 Å². The van der Waals surface area contributed by atoms with Gasteiger partial charge in [-0.05, 0) is 75.1 Å². The Bertz CT molecular complexity index is 1700. The smallest absolute Gasteiger partial charge is 0.407 e. The first-order chi connectivity index (χ1) is 19.4. The molecule has 2 aromatic heterocycles. The molecule has 2 amide bonds. The van der Waals surface area contributed by atoms with E-state index >= 15 is 0 Å². The molecule has 0 bridgehead atoms. The summed E-state index contributed by atoms with van der Waals surface area (Å²) in [5.74, 6) is -1.38. The molecule has 2 aromatic carbocycles. The van der Waals surface area contributed by atoms with Crippen LogP contribution in [-0.4, -0.2) is 51.4 Å². The number of hydrogen-bond acceptors (Lipinski definition) is 6. The monoisotopic (exact) mass is 577 g/mol. The Kier molecular flexibility index (Phi) is 7.53. The number of halogens is 2. The Morgan fingerprint density at radius 1 is 1.15 bits per heavy atom. The number of nitrogens with zero attached hydrogens (tertiary/aromatic N) is 4. The second kappa shape index (κ2) is 10.9. The van der Waals surface area contributed by atoms with Gasteiger partial charge in [0.2, 0.25) is 5.95 Å². The van der Waals surface area contributed by atoms with Crippen LogP contribution in [0.4, 0.5) is 13.6 Å². The Morgan fingerprint density at radius 2 is 1.90 bits per heavy atom. The van der Waals surface area contributed by atoms with E-state index in [0.29, 0.717) is 63.3 Å². The van der Waals surface area contributed by atoms with Crippen LogP contribution in [0.2, 0.25) is 0 Å². The normalized spacial score (nSPS) is 15.5. The van der Waals surface area contributed by atoms with E-state index in [1.54, 1.807) is 56.0 Å². The molecule has 1 aliphatic heterocycles. The zero-order chi connectivity index (χ0) is 29.5. The third-order valence-electron chi connectivity index (χ3n) is 6.80. The van der Waals surface area contributed by atoms with E-state index in [1.807, 2.05) is 6.07 Å². The molecule has 0 saturated carbocycles. The lowest BCUT2D eigenvalue weighted by molar-refractivity contribution is 0.0453. The van der Waals surface area contributed by atoms with Crippen LogP contribution in [0.5, 0.6) is 0 Å². The lowest BCUT2D eigenvalue weighted by atomic mass is 10.00. The van der Waals surface area contributed by atoms with Gasteiger partial charge in [-0.3, -0.25) is 4.79 Å². The first-order valence-electron chi connectivity index (χ1n) is 13.2. The molecule has 212 valence electrons. The number of benzene rings is 2. The number of thiophene rings is 1. The van der Waals surface area contributed by atoms with Gasteiger partial charge < -0.3 is 15.0 Å². The van der Waals surface area contributed by atoms with E-state index in [1.165, 1.54) is 30.5 Å². The van der Waals surface area contributed by atoms with Crippen molar-refractivity contribution < 1.29 is 23.1 Å². The number of aromatic nitrogens is 2. The number of piperidine rings is 1. The summed E-state index contributed by atoms with van der Waals surface area (Å²) in [6.07, 6.45) is 0.888. The second-order valence-electron chi connectivity index (χ2n) is 11.0. The molecule has 4 aromatic rings. The Balaban J connectivity index is 1.50. The van der Waals surface area contributed by atoms with Gasteiger partial charge >= 0.3 is 6.09 Å². The van der Waals surface area contributed by atoms with Crippen molar-refractivity contribution in [3.8, 4) is 27.6 Å². The number of amides is 2. The van der Waals surface area contributed by atoms with E-state index < -0.39 is 23.5 Å². The predicted octanol–water partition coefficient (Wildman–Crippen LogP) is 6.25. The van der Waals surface area contributed by atoms with E-state index in [4.69, 9.17) is 4.74 Å². The molecule has 41 heavy (non-hydrogen) atoms. The van der Waals surface area contributed by atoms with Crippen molar-refractivity contribution >= 4 is 34.2 Å². The van der Waals surface area contributed by atoms with Gasteiger partial charge in [0.05, 0.1) is 21.3 Å². The van der Waals surface area contributed by atoms with Crippen molar-refractivity contribution in [1.82, 2.24) is 20.0 Å². The maximum atomic E-state index is 14.7. The fraction of sp³-hybridized carbons (Fsp3) is 0.333. The molecule has 0 spiro atoms. The topological polar surface area (TPSA) is 100 Å². The van der Waals surface area contributed by atoms with Crippen molar-refractivity contribution in [3.05, 3.63) is 64.7 Å². The van der Waals surface area contributed by atoms with Gasteiger partial charge in [0.25, 0.3) is 5.91 Å². The molecular weight excluding hydrogens is 548 g/mol. The molecule has 5 rings (SSSR count). The quantitative estimate of drug-likeness (QED) is 0.309. The summed E-state index contributed by atoms with van der Waals surface area (Å²) in [7, 11) is 1.52. The summed E-state index contributed by atoms with van der Waals surface area (Å²) in [6, 6.07) is 12.7. The largest absolute Gasteiger partial charge is 0.444 e. The van der Waals surface area contributed by atoms with Gasteiger partial charge in [-0.2, -0.15) is 14.8 Å². The second-order valence-corrected chi connectivity index (χ2v) is 12.1. The van der Waals surface area contributed by atoms with E-state index in [2.05, 4.69) is 10.4 Å². The summed E-state index contributed by atoms with van der Waals surface area (Å²) in [4.78, 5) is 28.8. The predicted molar refractivity (Wildman–Crippen MR) is 152 cm³/mol. The number of ether oxygens (including phenoxy) is 1. The number of nitrogens with one attached hydrogen (secondary N) is 1. The SMILES string of the molecule is Cn1nc2ccc(-c3sc(C(=O)N4CCC[C@@H](NC(=O)OC(C)(C)C)C4)cc3-c3ccc(C#N)c(F)c3)cc2c1F. The van der Waals surface area contributed by atoms with Crippen LogP contribution >= 0.6 is 11.3 Å². The van der Waals surface area contributed by atoms with Crippen molar-refractivity contribution in [2.75, 3.05) is 13.1 Å². The summed E-state index contributed by atoms with van der Waals surface area (Å²) < 4.78 is 35.9. The molecular formula is C30H29F2N5O3S. The van der Waals surface area contributed by atoms with Crippen LogP contribution in [0.1, 0.15) is 48.8 Å². The van der Waals surface area contributed by atoms with Gasteiger partial charge in [-0.1, -0.05) is 12.1 Å². The maximum absolute atomic E-state index is 14.7. The van der Waals surface area contributed by atoms with Crippen LogP contribution in [0.25, 0.3) is 32.5 Å². The number of likely N-dealkylation sites (tertiary alicyclic amines) is 1. The Labute approximate surface area is 240 Å². The molecule has 1 N–H and O–H groups in total. The van der Waals surface area contributed by atoms with Crippen LogP contribution in [0.3, 0.4) is 0 Å². The number of rotatable bonds is 4. The average molecular weight is 578 g/mol. The van der Waals surface area contributed by atoms with Gasteiger partial charge in [0, 0.05) is 36.6 Å². The molecule has 1 aliphatic rings. The zero-order valence-corrected chi connectivity index (χ0v) is 23.9. The van der Waals surface area contributed by atoms with Crippen molar-refractivity contribution in [1.29, 1.82) is 5.26 Å². The zero-order valence-electron chi connectivity index (χ0n) is 23.1. The van der Waals surface area contributed by atoms with E-state index in [-0.39, 0.29) is 17.5 Å². The first-order valence-corrected chi connectivity index (χ1v) is 14.0. The Morgan fingerprint density at radius 3 is 2.61 bits per heavy atom. The van der Waals surface area contributed by atoms with E-state index in [0.717, 1.165) is 4.68 Å². The number of fused-ring (bicyclic) bond motifs is 1. The molecule has 1 saturated heterocycles. The van der Waals surface area contributed by atoms with E-state index in [9.17, 15) is 23.6 Å². The summed E-state index contributed by atoms with van der Waals surface area (Å²) >= 11 is 1.23. The van der Waals surface area contributed by atoms with Crippen LogP contribution in [-0.2, 0) is 11.8 Å². The lowest BCUT2D eigenvalue weighted by Gasteiger charge is -2.33. The third-order valence-corrected chi connectivity index (χ3v) is 7.97. The van der Waals surface area contributed by atoms with Crippen molar-refractivity contribution in [2.45, 2.75) is 45.3 Å². The summed E-state index contributed by atoms with van der Waals surface area (Å²) in [5, 5.41) is 16.5. The van der Waals surface area contributed by atoms with Gasteiger partial charge in [0.15, 0.2) is 0 Å². The van der Waals surface area contributed by atoms with Crippen molar-refractivity contribution in [3.63, 3.8) is 0 Å². The number of hydrogen-bond donors (Lipinski definition) is 1. The van der Waals surface area contributed by atoms with Crippen LogP contribution in [0.15, 0.2) is 42.5 Å². The first kappa shape index (κ1) is 28.2. The van der Waals surface area contributed by atoms with Gasteiger partial charge in [-0.25, -0.2) is 13.9 Å². The highest BCUT2D eigenvalue weighted by atomic mass is 32.1. The Hall–Kier alpha value is -4.30. The summed E-state index contributed by atoms with van der Waals surface area (Å²) in [5.41, 5.74) is 1.50. The van der Waals surface area contributed by atoms with Crippen molar-refractivity contribution in [2.24, 2.45) is 7.05 Å².